The molecule has 0 aliphatic heterocycles. The standard InChI is InChI=1S/C27H31N3O5S/c1-4-35-21-12-10-20(11-13-21)30-25(33)23-17(2)24(18(3)31)36-26(23)29(27(30)34)16-22(32)28-15-14-19-8-6-5-7-9-19/h8,10-13H,4-7,9,14-16H2,1-3H3,(H,28,32). The summed E-state index contributed by atoms with van der Waals surface area (Å²) in [5.74, 6) is 0.112. The highest BCUT2D eigenvalue weighted by molar-refractivity contribution is 7.20. The number of hydrogen-bond acceptors (Lipinski definition) is 6. The number of ether oxygens (including phenoxy) is 1. The van der Waals surface area contributed by atoms with E-state index < -0.39 is 11.2 Å². The van der Waals surface area contributed by atoms with Crippen LogP contribution in [0.2, 0.25) is 0 Å². The van der Waals surface area contributed by atoms with Crippen molar-refractivity contribution in [3.8, 4) is 11.4 Å². The maximum Gasteiger partial charge on any atom is 0.337 e. The Morgan fingerprint density at radius 3 is 2.53 bits per heavy atom. The minimum Gasteiger partial charge on any atom is -0.494 e. The fraction of sp³-hybridized carbons (Fsp3) is 0.407. The minimum absolute atomic E-state index is 0.190. The SMILES string of the molecule is CCOc1ccc(-n2c(=O)c3c(C)c(C(C)=O)sc3n(CC(=O)NCCC3=CCCCC3)c2=O)cc1. The number of benzene rings is 1. The highest BCUT2D eigenvalue weighted by atomic mass is 32.1. The van der Waals surface area contributed by atoms with Crippen molar-refractivity contribution < 1.29 is 14.3 Å². The maximum absolute atomic E-state index is 13.6. The highest BCUT2D eigenvalue weighted by Gasteiger charge is 2.23. The summed E-state index contributed by atoms with van der Waals surface area (Å²) in [7, 11) is 0. The summed E-state index contributed by atoms with van der Waals surface area (Å²) in [5, 5.41) is 3.18. The number of nitrogens with one attached hydrogen (secondary N) is 1. The predicted molar refractivity (Wildman–Crippen MR) is 142 cm³/mol. The average molecular weight is 510 g/mol. The topological polar surface area (TPSA) is 99.4 Å². The van der Waals surface area contributed by atoms with E-state index in [1.807, 2.05) is 6.92 Å². The predicted octanol–water partition coefficient (Wildman–Crippen LogP) is 4.13. The second-order valence-corrected chi connectivity index (χ2v) is 9.94. The van der Waals surface area contributed by atoms with Gasteiger partial charge in [-0.15, -0.1) is 11.3 Å². The largest absolute Gasteiger partial charge is 0.494 e. The molecule has 0 unspecified atom stereocenters. The van der Waals surface area contributed by atoms with Crippen molar-refractivity contribution in [2.45, 2.75) is 59.4 Å². The quantitative estimate of drug-likeness (QED) is 0.345. The average Bonchev–Trinajstić information content (AvgIpc) is 3.21. The van der Waals surface area contributed by atoms with Crippen LogP contribution in [0.25, 0.3) is 15.9 Å². The Morgan fingerprint density at radius 2 is 1.89 bits per heavy atom. The second-order valence-electron chi connectivity index (χ2n) is 8.94. The van der Waals surface area contributed by atoms with E-state index in [0.29, 0.717) is 39.9 Å². The maximum atomic E-state index is 13.6. The number of allylic oxidation sites excluding steroid dienone is 1. The Bertz CT molecular complexity index is 1440. The molecule has 0 atom stereocenters. The van der Waals surface area contributed by atoms with Crippen LogP contribution in [0, 0.1) is 6.92 Å². The smallest absolute Gasteiger partial charge is 0.337 e. The molecule has 3 aromatic rings. The number of rotatable bonds is 9. The van der Waals surface area contributed by atoms with Gasteiger partial charge >= 0.3 is 5.69 Å². The van der Waals surface area contributed by atoms with Crippen molar-refractivity contribution in [2.24, 2.45) is 0 Å². The second kappa shape index (κ2) is 11.1. The first-order valence-electron chi connectivity index (χ1n) is 12.3. The van der Waals surface area contributed by atoms with Gasteiger partial charge in [0, 0.05) is 6.54 Å². The molecule has 2 heterocycles. The monoisotopic (exact) mass is 509 g/mol. The lowest BCUT2D eigenvalue weighted by molar-refractivity contribution is -0.121. The zero-order valence-corrected chi connectivity index (χ0v) is 21.7. The molecule has 1 amide bonds. The van der Waals surface area contributed by atoms with Crippen LogP contribution in [-0.4, -0.2) is 34.0 Å². The number of aryl methyl sites for hydroxylation is 1. The minimum atomic E-state index is -0.627. The summed E-state index contributed by atoms with van der Waals surface area (Å²) >= 11 is 1.08. The molecule has 0 saturated heterocycles. The van der Waals surface area contributed by atoms with Crippen molar-refractivity contribution in [3.63, 3.8) is 0 Å². The van der Waals surface area contributed by atoms with Gasteiger partial charge in [0.15, 0.2) is 5.78 Å². The van der Waals surface area contributed by atoms with Gasteiger partial charge in [-0.25, -0.2) is 9.36 Å². The first-order valence-corrected chi connectivity index (χ1v) is 13.1. The van der Waals surface area contributed by atoms with Crippen molar-refractivity contribution in [1.29, 1.82) is 0 Å². The van der Waals surface area contributed by atoms with Gasteiger partial charge in [-0.05, 0) is 82.7 Å². The van der Waals surface area contributed by atoms with Gasteiger partial charge in [0.05, 0.1) is 22.6 Å². The van der Waals surface area contributed by atoms with Crippen LogP contribution in [0.15, 0.2) is 45.5 Å². The summed E-state index contributed by atoms with van der Waals surface area (Å²) < 4.78 is 7.83. The Labute approximate surface area is 213 Å². The number of Topliss-reactive ketones (excluding diaryl/α,β-unsaturated/α-hetero) is 1. The third-order valence-corrected chi connectivity index (χ3v) is 7.81. The lowest BCUT2D eigenvalue weighted by atomic mass is 9.97. The number of amides is 1. The molecule has 1 aromatic carbocycles. The van der Waals surface area contributed by atoms with Crippen molar-refractivity contribution in [1.82, 2.24) is 14.5 Å². The molecule has 0 saturated carbocycles. The summed E-state index contributed by atoms with van der Waals surface area (Å²) in [6, 6.07) is 6.64. The molecule has 4 rings (SSSR count). The summed E-state index contributed by atoms with van der Waals surface area (Å²) in [6.07, 6.45) is 7.56. The van der Waals surface area contributed by atoms with Gasteiger partial charge in [0.1, 0.15) is 17.1 Å². The van der Waals surface area contributed by atoms with E-state index in [9.17, 15) is 19.2 Å². The van der Waals surface area contributed by atoms with E-state index in [0.717, 1.165) is 35.2 Å². The molecule has 0 fully saturated rings. The van der Waals surface area contributed by atoms with Gasteiger partial charge in [-0.3, -0.25) is 19.0 Å². The molecule has 1 N–H and O–H groups in total. The van der Waals surface area contributed by atoms with Gasteiger partial charge in [0.25, 0.3) is 5.56 Å². The summed E-state index contributed by atoms with van der Waals surface area (Å²) in [4.78, 5) is 52.9. The number of fused-ring (bicyclic) bond motifs is 1. The molecule has 1 aliphatic rings. The van der Waals surface area contributed by atoms with Crippen LogP contribution in [0.4, 0.5) is 0 Å². The van der Waals surface area contributed by atoms with E-state index in [2.05, 4.69) is 11.4 Å². The van der Waals surface area contributed by atoms with Crippen LogP contribution >= 0.6 is 11.3 Å². The molecule has 2 aromatic heterocycles. The zero-order chi connectivity index (χ0) is 25.8. The number of nitrogens with zero attached hydrogens (tertiary/aromatic N) is 2. The van der Waals surface area contributed by atoms with Gasteiger partial charge < -0.3 is 10.1 Å². The summed E-state index contributed by atoms with van der Waals surface area (Å²) in [6.45, 7) is 5.73. The van der Waals surface area contributed by atoms with Gasteiger partial charge in [0.2, 0.25) is 5.91 Å². The van der Waals surface area contributed by atoms with Crippen LogP contribution in [0.1, 0.15) is 61.2 Å². The Morgan fingerprint density at radius 1 is 1.14 bits per heavy atom. The van der Waals surface area contributed by atoms with Crippen molar-refractivity contribution >= 4 is 33.2 Å². The number of hydrogen-bond donors (Lipinski definition) is 1. The molecule has 0 spiro atoms. The number of carbonyl (C=O) groups is 2. The molecule has 0 radical (unpaired) electrons. The third-order valence-electron chi connectivity index (χ3n) is 6.39. The third kappa shape index (κ3) is 5.21. The van der Waals surface area contributed by atoms with E-state index in [-0.39, 0.29) is 23.6 Å². The van der Waals surface area contributed by atoms with Gasteiger partial charge in [-0.2, -0.15) is 0 Å². The van der Waals surface area contributed by atoms with E-state index in [4.69, 9.17) is 4.74 Å². The first kappa shape index (κ1) is 25.6. The normalized spacial score (nSPS) is 13.5. The Hall–Kier alpha value is -3.46. The van der Waals surface area contributed by atoms with Crippen molar-refractivity contribution in [2.75, 3.05) is 13.2 Å². The zero-order valence-electron chi connectivity index (χ0n) is 20.9. The van der Waals surface area contributed by atoms with Crippen molar-refractivity contribution in [3.05, 3.63) is 67.2 Å². The summed E-state index contributed by atoms with van der Waals surface area (Å²) in [5.41, 5.74) is 1.10. The number of thiophene rings is 1. The van der Waals surface area contributed by atoms with E-state index in [1.165, 1.54) is 29.9 Å². The Kier molecular flexibility index (Phi) is 7.88. The molecule has 9 heteroatoms. The number of carbonyl (C=O) groups excluding carboxylic acids is 2. The van der Waals surface area contributed by atoms with Crippen LogP contribution < -0.4 is 21.3 Å². The fourth-order valence-corrected chi connectivity index (χ4v) is 5.79. The molecule has 0 bridgehead atoms. The first-order chi connectivity index (χ1) is 17.3. The fourth-order valence-electron chi connectivity index (χ4n) is 4.60. The van der Waals surface area contributed by atoms with Crippen LogP contribution in [0.5, 0.6) is 5.75 Å². The number of ketones is 1. The van der Waals surface area contributed by atoms with E-state index in [1.54, 1.807) is 31.2 Å². The molecule has 190 valence electrons. The highest BCUT2D eigenvalue weighted by Crippen LogP contribution is 2.28. The molecular weight excluding hydrogens is 478 g/mol. The van der Waals surface area contributed by atoms with E-state index >= 15 is 0 Å². The number of aromatic nitrogens is 2. The lowest BCUT2D eigenvalue weighted by Crippen LogP contribution is -2.41. The Balaban J connectivity index is 1.73. The molecule has 8 nitrogen and oxygen atoms in total. The van der Waals surface area contributed by atoms with Crippen LogP contribution in [0.3, 0.4) is 0 Å². The molecule has 1 aliphatic carbocycles. The molecule has 36 heavy (non-hydrogen) atoms. The van der Waals surface area contributed by atoms with Gasteiger partial charge in [-0.1, -0.05) is 11.6 Å². The lowest BCUT2D eigenvalue weighted by Gasteiger charge is -2.14. The molecular formula is C27H31N3O5S. The van der Waals surface area contributed by atoms with Crippen LogP contribution in [-0.2, 0) is 11.3 Å².